The maximum absolute atomic E-state index is 12.5. The predicted molar refractivity (Wildman–Crippen MR) is 104 cm³/mol. The summed E-state index contributed by atoms with van der Waals surface area (Å²) in [6, 6.07) is 11.8. The molecule has 2 amide bonds. The molecule has 0 saturated heterocycles. The fourth-order valence-electron chi connectivity index (χ4n) is 2.33. The number of hydrogen-bond acceptors (Lipinski definition) is 4. The van der Waals surface area contributed by atoms with Gasteiger partial charge in [-0.2, -0.15) is 0 Å². The summed E-state index contributed by atoms with van der Waals surface area (Å²) < 4.78 is 27.4. The van der Waals surface area contributed by atoms with E-state index in [1.54, 1.807) is 44.2 Å². The van der Waals surface area contributed by atoms with Crippen LogP contribution in [0.2, 0.25) is 0 Å². The van der Waals surface area contributed by atoms with Gasteiger partial charge in [-0.3, -0.25) is 14.3 Å². The third kappa shape index (κ3) is 5.55. The molecule has 144 valence electrons. The van der Waals surface area contributed by atoms with Gasteiger partial charge >= 0.3 is 0 Å². The van der Waals surface area contributed by atoms with Crippen molar-refractivity contribution in [2.75, 3.05) is 11.3 Å². The van der Waals surface area contributed by atoms with Crippen molar-refractivity contribution in [3.8, 4) is 0 Å². The summed E-state index contributed by atoms with van der Waals surface area (Å²) >= 11 is 0. The van der Waals surface area contributed by atoms with Crippen molar-refractivity contribution in [3.63, 3.8) is 0 Å². The molecule has 0 heterocycles. The number of hydrogen-bond donors (Lipinski definition) is 3. The standard InChI is InChI=1S/C19H23N3O4S/c1-4-20-18(23)14(3)21-19(24)15-6-5-7-16(12-15)22-27(25,26)17-10-8-13(2)9-11-17/h5-12,14,22H,4H2,1-3H3,(H,20,23)(H,21,24)/t14-/m0/s1. The minimum Gasteiger partial charge on any atom is -0.355 e. The molecule has 1 atom stereocenters. The van der Waals surface area contributed by atoms with Crippen LogP contribution < -0.4 is 15.4 Å². The molecule has 0 fully saturated rings. The summed E-state index contributed by atoms with van der Waals surface area (Å²) in [5, 5.41) is 5.20. The predicted octanol–water partition coefficient (Wildman–Crippen LogP) is 2.05. The van der Waals surface area contributed by atoms with E-state index < -0.39 is 22.0 Å². The Morgan fingerprint density at radius 3 is 2.37 bits per heavy atom. The number of aryl methyl sites for hydroxylation is 1. The van der Waals surface area contributed by atoms with Gasteiger partial charge in [0.1, 0.15) is 6.04 Å². The smallest absolute Gasteiger partial charge is 0.261 e. The summed E-state index contributed by atoms with van der Waals surface area (Å²) in [7, 11) is -3.76. The molecule has 0 aliphatic rings. The van der Waals surface area contributed by atoms with Gasteiger partial charge in [0.25, 0.3) is 15.9 Å². The summed E-state index contributed by atoms with van der Waals surface area (Å²) in [4.78, 5) is 24.2. The minimum absolute atomic E-state index is 0.132. The maximum Gasteiger partial charge on any atom is 0.261 e. The van der Waals surface area contributed by atoms with E-state index in [2.05, 4.69) is 15.4 Å². The second-order valence-electron chi connectivity index (χ2n) is 6.09. The van der Waals surface area contributed by atoms with Crippen molar-refractivity contribution in [2.45, 2.75) is 31.7 Å². The molecular formula is C19H23N3O4S. The molecule has 2 rings (SSSR count). The third-order valence-electron chi connectivity index (χ3n) is 3.80. The highest BCUT2D eigenvalue weighted by Gasteiger charge is 2.18. The Kier molecular flexibility index (Phi) is 6.57. The van der Waals surface area contributed by atoms with E-state index in [-0.39, 0.29) is 22.1 Å². The quantitative estimate of drug-likeness (QED) is 0.674. The second kappa shape index (κ2) is 8.68. The molecule has 2 aromatic rings. The van der Waals surface area contributed by atoms with Crippen LogP contribution in [0.15, 0.2) is 53.4 Å². The van der Waals surface area contributed by atoms with Gasteiger partial charge in [-0.15, -0.1) is 0 Å². The Morgan fingerprint density at radius 2 is 1.74 bits per heavy atom. The largest absolute Gasteiger partial charge is 0.355 e. The minimum atomic E-state index is -3.76. The van der Waals surface area contributed by atoms with E-state index in [1.165, 1.54) is 18.2 Å². The molecule has 0 bridgehead atoms. The first-order valence-corrected chi connectivity index (χ1v) is 9.99. The number of likely N-dealkylation sites (N-methyl/N-ethyl adjacent to an activating group) is 1. The average Bonchev–Trinajstić information content (AvgIpc) is 2.62. The van der Waals surface area contributed by atoms with Gasteiger partial charge in [-0.25, -0.2) is 8.42 Å². The lowest BCUT2D eigenvalue weighted by molar-refractivity contribution is -0.122. The van der Waals surface area contributed by atoms with Gasteiger partial charge in [0.2, 0.25) is 5.91 Å². The number of nitrogens with one attached hydrogen (secondary N) is 3. The molecule has 0 spiro atoms. The fraction of sp³-hybridized carbons (Fsp3) is 0.263. The Labute approximate surface area is 159 Å². The van der Waals surface area contributed by atoms with Gasteiger partial charge < -0.3 is 10.6 Å². The van der Waals surface area contributed by atoms with Crippen molar-refractivity contribution in [1.29, 1.82) is 0 Å². The third-order valence-corrected chi connectivity index (χ3v) is 5.20. The average molecular weight is 389 g/mol. The van der Waals surface area contributed by atoms with Crippen molar-refractivity contribution in [1.82, 2.24) is 10.6 Å². The summed E-state index contributed by atoms with van der Waals surface area (Å²) in [6.45, 7) is 5.70. The molecule has 0 unspecified atom stereocenters. The van der Waals surface area contributed by atoms with Gasteiger partial charge in [0.15, 0.2) is 0 Å². The van der Waals surface area contributed by atoms with Crippen LogP contribution in [0.4, 0.5) is 5.69 Å². The SMILES string of the molecule is CCNC(=O)[C@H](C)NC(=O)c1cccc(NS(=O)(=O)c2ccc(C)cc2)c1. The molecule has 3 N–H and O–H groups in total. The topological polar surface area (TPSA) is 104 Å². The first-order chi connectivity index (χ1) is 12.7. The van der Waals surface area contributed by atoms with Crippen LogP contribution in [0, 0.1) is 6.92 Å². The number of benzene rings is 2. The van der Waals surface area contributed by atoms with E-state index in [9.17, 15) is 18.0 Å². The number of carbonyl (C=O) groups is 2. The Morgan fingerprint density at radius 1 is 1.07 bits per heavy atom. The molecule has 27 heavy (non-hydrogen) atoms. The highest BCUT2D eigenvalue weighted by atomic mass is 32.2. The zero-order chi connectivity index (χ0) is 20.0. The molecule has 7 nitrogen and oxygen atoms in total. The van der Waals surface area contributed by atoms with E-state index >= 15 is 0 Å². The first-order valence-electron chi connectivity index (χ1n) is 8.51. The van der Waals surface area contributed by atoms with E-state index in [4.69, 9.17) is 0 Å². The van der Waals surface area contributed by atoms with Gasteiger partial charge in [-0.05, 0) is 51.1 Å². The fourth-order valence-corrected chi connectivity index (χ4v) is 3.38. The van der Waals surface area contributed by atoms with Crippen molar-refractivity contribution >= 4 is 27.5 Å². The van der Waals surface area contributed by atoms with Crippen molar-refractivity contribution in [2.24, 2.45) is 0 Å². The van der Waals surface area contributed by atoms with E-state index in [0.717, 1.165) is 5.56 Å². The van der Waals surface area contributed by atoms with Crippen LogP contribution in [0.25, 0.3) is 0 Å². The monoisotopic (exact) mass is 389 g/mol. The molecule has 8 heteroatoms. The van der Waals surface area contributed by atoms with Crippen LogP contribution in [0.3, 0.4) is 0 Å². The van der Waals surface area contributed by atoms with Crippen LogP contribution in [-0.4, -0.2) is 32.8 Å². The molecular weight excluding hydrogens is 366 g/mol. The van der Waals surface area contributed by atoms with E-state index in [0.29, 0.717) is 6.54 Å². The van der Waals surface area contributed by atoms with Crippen molar-refractivity contribution in [3.05, 3.63) is 59.7 Å². The number of amides is 2. The molecule has 0 aliphatic heterocycles. The van der Waals surface area contributed by atoms with E-state index in [1.807, 2.05) is 6.92 Å². The highest BCUT2D eigenvalue weighted by molar-refractivity contribution is 7.92. The van der Waals surface area contributed by atoms with Crippen LogP contribution >= 0.6 is 0 Å². The van der Waals surface area contributed by atoms with Crippen LogP contribution in [0.5, 0.6) is 0 Å². The molecule has 0 aromatic heterocycles. The zero-order valence-corrected chi connectivity index (χ0v) is 16.3. The summed E-state index contributed by atoms with van der Waals surface area (Å²) in [5.74, 6) is -0.757. The number of carbonyl (C=O) groups excluding carboxylic acids is 2. The Balaban J connectivity index is 2.14. The molecule has 0 saturated carbocycles. The number of rotatable bonds is 7. The lowest BCUT2D eigenvalue weighted by atomic mass is 10.2. The Hall–Kier alpha value is -2.87. The van der Waals surface area contributed by atoms with Gasteiger partial charge in [0.05, 0.1) is 4.90 Å². The molecule has 0 radical (unpaired) electrons. The lowest BCUT2D eigenvalue weighted by Crippen LogP contribution is -2.44. The van der Waals surface area contributed by atoms with Gasteiger partial charge in [0, 0.05) is 17.8 Å². The summed E-state index contributed by atoms with van der Waals surface area (Å²) in [5.41, 5.74) is 1.46. The zero-order valence-electron chi connectivity index (χ0n) is 15.4. The summed E-state index contributed by atoms with van der Waals surface area (Å²) in [6.07, 6.45) is 0. The van der Waals surface area contributed by atoms with Crippen LogP contribution in [0.1, 0.15) is 29.8 Å². The highest BCUT2D eigenvalue weighted by Crippen LogP contribution is 2.18. The molecule has 2 aromatic carbocycles. The second-order valence-corrected chi connectivity index (χ2v) is 7.77. The number of anilines is 1. The normalized spacial score (nSPS) is 12.1. The lowest BCUT2D eigenvalue weighted by Gasteiger charge is -2.14. The van der Waals surface area contributed by atoms with Gasteiger partial charge in [-0.1, -0.05) is 23.8 Å². The van der Waals surface area contributed by atoms with Crippen LogP contribution in [-0.2, 0) is 14.8 Å². The number of sulfonamides is 1. The molecule has 0 aliphatic carbocycles. The van der Waals surface area contributed by atoms with Crippen molar-refractivity contribution < 1.29 is 18.0 Å². The maximum atomic E-state index is 12.5. The Bertz CT molecular complexity index is 924. The first kappa shape index (κ1) is 20.4.